The van der Waals surface area contributed by atoms with Crippen molar-refractivity contribution in [1.82, 2.24) is 19.5 Å². The number of nitrogen functional groups attached to an aromatic ring is 1. The molecule has 0 amide bonds. The predicted molar refractivity (Wildman–Crippen MR) is 115 cm³/mol. The molecule has 3 heterocycles. The number of nitrogens with zero attached hydrogens (tertiary/aromatic N) is 5. The molecule has 4 aromatic rings. The number of pyridine rings is 2. The maximum Gasteiger partial charge on any atom is 0.167 e. The molecule has 0 aliphatic rings. The monoisotopic (exact) mass is 400 g/mol. The first-order chi connectivity index (χ1) is 14.6. The van der Waals surface area contributed by atoms with E-state index in [1.54, 1.807) is 25.4 Å². The summed E-state index contributed by atoms with van der Waals surface area (Å²) in [5.74, 6) is 1.57. The van der Waals surface area contributed by atoms with Crippen LogP contribution in [0.4, 0.5) is 11.6 Å². The van der Waals surface area contributed by atoms with Crippen LogP contribution in [-0.4, -0.2) is 24.6 Å². The number of aliphatic hydroxyl groups excluding tert-OH is 1. The molecular formula is C21H20N8O. The van der Waals surface area contributed by atoms with Crippen LogP contribution in [0, 0.1) is 5.53 Å². The highest BCUT2D eigenvalue weighted by molar-refractivity contribution is 5.83. The van der Waals surface area contributed by atoms with Crippen LogP contribution in [0.15, 0.2) is 71.7 Å². The summed E-state index contributed by atoms with van der Waals surface area (Å²) in [5, 5.41) is 15.8. The van der Waals surface area contributed by atoms with Gasteiger partial charge in [-0.2, -0.15) is 5.11 Å². The molecule has 1 aromatic carbocycles. The number of rotatable bonds is 6. The Labute approximate surface area is 172 Å². The van der Waals surface area contributed by atoms with Crippen molar-refractivity contribution in [2.45, 2.75) is 13.5 Å². The lowest BCUT2D eigenvalue weighted by atomic mass is 10.2. The highest BCUT2D eigenvalue weighted by atomic mass is 16.3. The minimum absolute atomic E-state index is 0.0353. The third-order valence-electron chi connectivity index (χ3n) is 4.57. The van der Waals surface area contributed by atoms with Crippen LogP contribution in [0.25, 0.3) is 28.2 Å². The molecule has 0 aliphatic heterocycles. The zero-order chi connectivity index (χ0) is 21.1. The normalized spacial score (nSPS) is 11.6. The van der Waals surface area contributed by atoms with Crippen molar-refractivity contribution in [2.24, 2.45) is 5.11 Å². The largest absolute Gasteiger partial charge is 0.392 e. The summed E-state index contributed by atoms with van der Waals surface area (Å²) < 4.78 is 1.90. The molecule has 0 saturated carbocycles. The number of imidazole rings is 1. The van der Waals surface area contributed by atoms with Crippen molar-refractivity contribution in [3.05, 3.63) is 72.2 Å². The van der Waals surface area contributed by atoms with E-state index in [0.717, 1.165) is 11.3 Å². The lowest BCUT2D eigenvalue weighted by Crippen LogP contribution is -2.02. The molecular weight excluding hydrogens is 380 g/mol. The van der Waals surface area contributed by atoms with Crippen molar-refractivity contribution < 1.29 is 5.11 Å². The van der Waals surface area contributed by atoms with Gasteiger partial charge in [-0.3, -0.25) is 4.57 Å². The van der Waals surface area contributed by atoms with Gasteiger partial charge in [-0.15, -0.1) is 0 Å². The second-order valence-electron chi connectivity index (χ2n) is 6.61. The van der Waals surface area contributed by atoms with Gasteiger partial charge in [0.15, 0.2) is 11.5 Å². The van der Waals surface area contributed by atoms with Crippen LogP contribution >= 0.6 is 0 Å². The number of aromatic nitrogens is 4. The molecule has 0 bridgehead atoms. The Morgan fingerprint density at radius 2 is 2.00 bits per heavy atom. The summed E-state index contributed by atoms with van der Waals surface area (Å²) in [7, 11) is 0. The molecule has 5 N–H and O–H groups in total. The Kier molecular flexibility index (Phi) is 5.19. The second-order valence-corrected chi connectivity index (χ2v) is 6.61. The maximum atomic E-state index is 9.37. The first-order valence-electron chi connectivity index (χ1n) is 9.22. The van der Waals surface area contributed by atoms with Gasteiger partial charge in [0.05, 0.1) is 17.9 Å². The van der Waals surface area contributed by atoms with Crippen LogP contribution in [0.2, 0.25) is 0 Å². The summed E-state index contributed by atoms with van der Waals surface area (Å²) in [5.41, 5.74) is 17.3. The zero-order valence-corrected chi connectivity index (χ0v) is 16.2. The zero-order valence-electron chi connectivity index (χ0n) is 16.2. The topological polar surface area (TPSA) is 138 Å². The van der Waals surface area contributed by atoms with Crippen LogP contribution < -0.4 is 11.1 Å². The highest BCUT2D eigenvalue weighted by Gasteiger charge is 2.18. The standard InChI is InChI=1S/C21H20N8O/c1-13(28-23)11-25-18-9-8-17-21(27-18)29(15-6-4-14(12-30)5-7-15)20(26-17)16-3-2-10-24-19(16)22/h2-11,23,30H,12H2,1H3,(H2,22,24)(H,25,27)/b13-11-,28-23?. The molecule has 3 aromatic heterocycles. The van der Waals surface area contributed by atoms with E-state index in [4.69, 9.17) is 21.2 Å². The molecule has 9 nitrogen and oxygen atoms in total. The molecule has 150 valence electrons. The van der Waals surface area contributed by atoms with Gasteiger partial charge in [0.1, 0.15) is 17.2 Å². The number of nitrogens with two attached hydrogens (primary N) is 1. The number of fused-ring (bicyclic) bond motifs is 1. The van der Waals surface area contributed by atoms with Crippen LogP contribution in [0.1, 0.15) is 12.5 Å². The van der Waals surface area contributed by atoms with E-state index in [1.165, 1.54) is 0 Å². The van der Waals surface area contributed by atoms with Gasteiger partial charge in [-0.1, -0.05) is 12.1 Å². The van der Waals surface area contributed by atoms with E-state index < -0.39 is 0 Å². The number of allylic oxidation sites excluding steroid dienone is 1. The molecule has 4 rings (SSSR count). The Balaban J connectivity index is 1.93. The van der Waals surface area contributed by atoms with E-state index in [0.29, 0.717) is 39.9 Å². The molecule has 0 saturated heterocycles. The van der Waals surface area contributed by atoms with Crippen LogP contribution in [0.3, 0.4) is 0 Å². The van der Waals surface area contributed by atoms with Crippen molar-refractivity contribution >= 4 is 22.8 Å². The molecule has 30 heavy (non-hydrogen) atoms. The van der Waals surface area contributed by atoms with E-state index >= 15 is 0 Å². The number of hydrogen-bond donors (Lipinski definition) is 4. The molecule has 9 heteroatoms. The molecule has 0 aliphatic carbocycles. The maximum absolute atomic E-state index is 9.37. The fraction of sp³-hybridized carbons (Fsp3) is 0.0952. The molecule has 0 atom stereocenters. The predicted octanol–water partition coefficient (Wildman–Crippen LogP) is 3.86. The average molecular weight is 400 g/mol. The lowest BCUT2D eigenvalue weighted by Gasteiger charge is -2.11. The summed E-state index contributed by atoms with van der Waals surface area (Å²) in [6, 6.07) is 14.8. The quantitative estimate of drug-likeness (QED) is 0.363. The van der Waals surface area contributed by atoms with Gasteiger partial charge in [0.2, 0.25) is 0 Å². The van der Waals surface area contributed by atoms with Crippen LogP contribution in [-0.2, 0) is 6.61 Å². The Morgan fingerprint density at radius 1 is 1.20 bits per heavy atom. The Bertz CT molecular complexity index is 1240. The summed E-state index contributed by atoms with van der Waals surface area (Å²) in [6.45, 7) is 1.68. The van der Waals surface area contributed by atoms with Gasteiger partial charge in [0, 0.05) is 18.1 Å². The first-order valence-corrected chi connectivity index (χ1v) is 9.22. The van der Waals surface area contributed by atoms with Gasteiger partial charge in [-0.25, -0.2) is 20.5 Å². The third-order valence-corrected chi connectivity index (χ3v) is 4.57. The SMILES string of the molecule is C/C(=C/Nc1ccc2nc(-c3cccnc3N)n(-c3ccc(CO)cc3)c2n1)N=N. The summed E-state index contributed by atoms with van der Waals surface area (Å²) in [6.07, 6.45) is 3.24. The summed E-state index contributed by atoms with van der Waals surface area (Å²) >= 11 is 0. The van der Waals surface area contributed by atoms with Crippen LogP contribution in [0.5, 0.6) is 0 Å². The van der Waals surface area contributed by atoms with Crippen molar-refractivity contribution in [3.8, 4) is 17.1 Å². The van der Waals surface area contributed by atoms with Gasteiger partial charge in [0.25, 0.3) is 0 Å². The fourth-order valence-corrected chi connectivity index (χ4v) is 3.03. The second kappa shape index (κ2) is 8.10. The first kappa shape index (κ1) is 19.2. The molecule has 0 fully saturated rings. The highest BCUT2D eigenvalue weighted by Crippen LogP contribution is 2.31. The fourth-order valence-electron chi connectivity index (χ4n) is 3.03. The number of benzene rings is 1. The Morgan fingerprint density at radius 3 is 2.70 bits per heavy atom. The van der Waals surface area contributed by atoms with E-state index in [9.17, 15) is 5.11 Å². The number of anilines is 2. The van der Waals surface area contributed by atoms with Gasteiger partial charge in [-0.05, 0) is 48.9 Å². The summed E-state index contributed by atoms with van der Waals surface area (Å²) in [4.78, 5) is 13.6. The average Bonchev–Trinajstić information content (AvgIpc) is 3.16. The molecule has 0 radical (unpaired) electrons. The number of hydrogen-bond acceptors (Lipinski definition) is 8. The minimum Gasteiger partial charge on any atom is -0.392 e. The molecule has 0 unspecified atom stereocenters. The van der Waals surface area contributed by atoms with Gasteiger partial charge >= 0.3 is 0 Å². The number of nitrogens with one attached hydrogen (secondary N) is 2. The van der Waals surface area contributed by atoms with E-state index in [-0.39, 0.29) is 6.61 Å². The van der Waals surface area contributed by atoms with Crippen molar-refractivity contribution in [2.75, 3.05) is 11.1 Å². The Hall–Kier alpha value is -4.11. The van der Waals surface area contributed by atoms with E-state index in [2.05, 4.69) is 15.4 Å². The van der Waals surface area contributed by atoms with E-state index in [1.807, 2.05) is 47.0 Å². The van der Waals surface area contributed by atoms with Gasteiger partial charge < -0.3 is 16.2 Å². The number of aliphatic hydroxyl groups is 1. The minimum atomic E-state index is -0.0353. The smallest absolute Gasteiger partial charge is 0.167 e. The lowest BCUT2D eigenvalue weighted by molar-refractivity contribution is 0.282. The van der Waals surface area contributed by atoms with Crippen molar-refractivity contribution in [3.63, 3.8) is 0 Å². The third kappa shape index (κ3) is 3.61. The van der Waals surface area contributed by atoms with Crippen molar-refractivity contribution in [1.29, 1.82) is 5.53 Å². The molecule has 0 spiro atoms.